The number of aliphatic hydroxyl groups excluding tert-OH is 1. The molecule has 0 aliphatic carbocycles. The number of hydrogen-bond donors (Lipinski definition) is 1. The topological polar surface area (TPSA) is 114 Å². The first-order chi connectivity index (χ1) is 12.1. The van der Waals surface area contributed by atoms with Crippen LogP contribution in [0.4, 0.5) is 0 Å². The monoisotopic (exact) mass is 339 g/mol. The maximum absolute atomic E-state index is 12.3. The Morgan fingerprint density at radius 2 is 1.76 bits per heavy atom. The minimum absolute atomic E-state index is 0.0128. The van der Waals surface area contributed by atoms with E-state index >= 15 is 0 Å². The van der Waals surface area contributed by atoms with Gasteiger partial charge >= 0.3 is 0 Å². The Hall–Kier alpha value is -3.33. The number of amides is 2. The number of aliphatic hydroxyl groups is 1. The third-order valence-corrected chi connectivity index (χ3v) is 3.84. The van der Waals surface area contributed by atoms with Crippen LogP contribution in [0.5, 0.6) is 0 Å². The number of carbonyl (C=O) groups excluding carboxylic acids is 2. The van der Waals surface area contributed by atoms with E-state index in [0.29, 0.717) is 16.9 Å². The number of benzene rings is 1. The number of fused-ring (bicyclic) bond motifs is 1. The van der Waals surface area contributed by atoms with Gasteiger partial charge in [0, 0.05) is 0 Å². The predicted octanol–water partition coefficient (Wildman–Crippen LogP) is 0.590. The van der Waals surface area contributed by atoms with Crippen LogP contribution < -0.4 is 0 Å². The van der Waals surface area contributed by atoms with E-state index in [1.165, 1.54) is 11.1 Å². The largest absolute Gasteiger partial charge is 0.461 e. The van der Waals surface area contributed by atoms with E-state index in [-0.39, 0.29) is 18.9 Å². The Bertz CT molecular complexity index is 899. The lowest BCUT2D eigenvalue weighted by Gasteiger charge is -2.17. The summed E-state index contributed by atoms with van der Waals surface area (Å²) >= 11 is 0. The highest BCUT2D eigenvalue weighted by molar-refractivity contribution is 6.21. The van der Waals surface area contributed by atoms with Crippen LogP contribution in [-0.2, 0) is 6.54 Å². The van der Waals surface area contributed by atoms with E-state index in [2.05, 4.69) is 15.4 Å². The van der Waals surface area contributed by atoms with Crippen LogP contribution in [0.2, 0.25) is 0 Å². The number of hydrogen-bond acceptors (Lipinski definition) is 7. The molecule has 1 unspecified atom stereocenters. The molecule has 0 radical (unpaired) electrons. The quantitative estimate of drug-likeness (QED) is 0.677. The molecular formula is C16H13N5O4. The Balaban J connectivity index is 1.44. The number of tetrazole rings is 1. The highest BCUT2D eigenvalue weighted by Gasteiger charge is 2.36. The van der Waals surface area contributed by atoms with Crippen molar-refractivity contribution in [2.75, 3.05) is 6.54 Å². The minimum atomic E-state index is -1.03. The number of β-amino-alcohol motifs (C(OH)–C–C–N with tert-alkyl or cyclic N) is 1. The Morgan fingerprint density at radius 3 is 2.40 bits per heavy atom. The van der Waals surface area contributed by atoms with Gasteiger partial charge in [-0.3, -0.25) is 14.5 Å². The van der Waals surface area contributed by atoms with E-state index in [1.807, 2.05) is 0 Å². The van der Waals surface area contributed by atoms with E-state index < -0.39 is 17.9 Å². The van der Waals surface area contributed by atoms with Gasteiger partial charge in [-0.2, -0.15) is 4.80 Å². The summed E-state index contributed by atoms with van der Waals surface area (Å²) in [6.45, 7) is -0.162. The van der Waals surface area contributed by atoms with Crippen molar-refractivity contribution in [2.45, 2.75) is 12.6 Å². The van der Waals surface area contributed by atoms with E-state index in [9.17, 15) is 14.7 Å². The molecule has 126 valence electrons. The minimum Gasteiger partial charge on any atom is -0.461 e. The molecule has 1 N–H and O–H groups in total. The van der Waals surface area contributed by atoms with Crippen LogP contribution in [0.15, 0.2) is 47.1 Å². The molecule has 3 heterocycles. The number of nitrogens with zero attached hydrogens (tertiary/aromatic N) is 5. The van der Waals surface area contributed by atoms with Gasteiger partial charge in [0.2, 0.25) is 5.82 Å². The van der Waals surface area contributed by atoms with Crippen molar-refractivity contribution >= 4 is 11.8 Å². The summed E-state index contributed by atoms with van der Waals surface area (Å²) in [6, 6.07) is 9.97. The molecule has 2 aromatic heterocycles. The van der Waals surface area contributed by atoms with Crippen molar-refractivity contribution < 1.29 is 19.1 Å². The molecule has 0 spiro atoms. The molecule has 3 aromatic rings. The summed E-state index contributed by atoms with van der Waals surface area (Å²) in [4.78, 5) is 26.8. The van der Waals surface area contributed by atoms with Gasteiger partial charge in [-0.25, -0.2) is 0 Å². The lowest BCUT2D eigenvalue weighted by molar-refractivity contribution is 0.0507. The summed E-state index contributed by atoms with van der Waals surface area (Å²) in [7, 11) is 0. The smallest absolute Gasteiger partial charge is 0.261 e. The maximum atomic E-state index is 12.3. The fourth-order valence-electron chi connectivity index (χ4n) is 2.69. The SMILES string of the molecule is O=C1c2ccccc2C(=O)N1CC(O)Cn1nnc(-c2ccco2)n1. The molecule has 1 aliphatic rings. The zero-order valence-electron chi connectivity index (χ0n) is 12.9. The van der Waals surface area contributed by atoms with Crippen LogP contribution >= 0.6 is 0 Å². The number of carbonyl (C=O) groups is 2. The summed E-state index contributed by atoms with van der Waals surface area (Å²) < 4.78 is 5.17. The van der Waals surface area contributed by atoms with E-state index in [0.717, 1.165) is 4.90 Å². The molecule has 0 fully saturated rings. The molecule has 0 bridgehead atoms. The van der Waals surface area contributed by atoms with Gasteiger partial charge in [0.25, 0.3) is 11.8 Å². The van der Waals surface area contributed by atoms with Crippen molar-refractivity contribution in [2.24, 2.45) is 0 Å². The lowest BCUT2D eigenvalue weighted by atomic mass is 10.1. The average molecular weight is 339 g/mol. The summed E-state index contributed by atoms with van der Waals surface area (Å²) in [5.74, 6) is -0.0797. The molecule has 9 heteroatoms. The molecular weight excluding hydrogens is 326 g/mol. The van der Waals surface area contributed by atoms with Gasteiger partial charge in [-0.15, -0.1) is 10.2 Å². The average Bonchev–Trinajstić information content (AvgIpc) is 3.33. The zero-order chi connectivity index (χ0) is 17.4. The fourth-order valence-corrected chi connectivity index (χ4v) is 2.69. The number of furan rings is 1. The predicted molar refractivity (Wildman–Crippen MR) is 83.3 cm³/mol. The zero-order valence-corrected chi connectivity index (χ0v) is 12.9. The van der Waals surface area contributed by atoms with Gasteiger partial charge in [-0.05, 0) is 29.5 Å². The third-order valence-electron chi connectivity index (χ3n) is 3.84. The normalized spacial score (nSPS) is 14.8. The van der Waals surface area contributed by atoms with Crippen molar-refractivity contribution in [1.82, 2.24) is 25.1 Å². The molecule has 4 rings (SSSR count). The van der Waals surface area contributed by atoms with Crippen molar-refractivity contribution in [3.8, 4) is 11.6 Å². The number of aromatic nitrogens is 4. The highest BCUT2D eigenvalue weighted by atomic mass is 16.3. The van der Waals surface area contributed by atoms with Crippen molar-refractivity contribution in [3.63, 3.8) is 0 Å². The number of imide groups is 1. The highest BCUT2D eigenvalue weighted by Crippen LogP contribution is 2.22. The van der Waals surface area contributed by atoms with E-state index in [4.69, 9.17) is 4.42 Å². The molecule has 1 aliphatic heterocycles. The van der Waals surface area contributed by atoms with Gasteiger partial charge in [0.05, 0.1) is 36.6 Å². The summed E-state index contributed by atoms with van der Waals surface area (Å²) in [5.41, 5.74) is 0.692. The maximum Gasteiger partial charge on any atom is 0.261 e. The molecule has 25 heavy (non-hydrogen) atoms. The number of rotatable bonds is 5. The van der Waals surface area contributed by atoms with Gasteiger partial charge in [0.1, 0.15) is 0 Å². The lowest BCUT2D eigenvalue weighted by Crippen LogP contribution is -2.38. The molecule has 1 atom stereocenters. The first kappa shape index (κ1) is 15.2. The van der Waals surface area contributed by atoms with Crippen LogP contribution in [0.3, 0.4) is 0 Å². The third kappa shape index (κ3) is 2.70. The molecule has 9 nitrogen and oxygen atoms in total. The second-order valence-corrected chi connectivity index (χ2v) is 5.57. The van der Waals surface area contributed by atoms with Gasteiger partial charge < -0.3 is 9.52 Å². The standard InChI is InChI=1S/C16H13N5O4/c22-10(9-21-18-14(17-19-21)13-6-3-7-25-13)8-20-15(23)11-4-1-2-5-12(11)16(20)24/h1-7,10,22H,8-9H2. The van der Waals surface area contributed by atoms with Gasteiger partial charge in [0.15, 0.2) is 5.76 Å². The van der Waals surface area contributed by atoms with Crippen molar-refractivity contribution in [3.05, 3.63) is 53.8 Å². The van der Waals surface area contributed by atoms with Crippen LogP contribution in [0.1, 0.15) is 20.7 Å². The first-order valence-corrected chi connectivity index (χ1v) is 7.58. The Kier molecular flexibility index (Phi) is 3.62. The fraction of sp³-hybridized carbons (Fsp3) is 0.188. The van der Waals surface area contributed by atoms with E-state index in [1.54, 1.807) is 36.4 Å². The van der Waals surface area contributed by atoms with Gasteiger partial charge in [-0.1, -0.05) is 12.1 Å². The second-order valence-electron chi connectivity index (χ2n) is 5.57. The van der Waals surface area contributed by atoms with Crippen molar-refractivity contribution in [1.29, 1.82) is 0 Å². The molecule has 0 saturated heterocycles. The first-order valence-electron chi connectivity index (χ1n) is 7.58. The van der Waals surface area contributed by atoms with Crippen LogP contribution in [0, 0.1) is 0 Å². The summed E-state index contributed by atoms with van der Waals surface area (Å²) in [5, 5.41) is 22.0. The summed E-state index contributed by atoms with van der Waals surface area (Å²) in [6.07, 6.45) is 0.466. The Labute approximate surface area is 141 Å². The molecule has 1 aromatic carbocycles. The van der Waals surface area contributed by atoms with Crippen LogP contribution in [0.25, 0.3) is 11.6 Å². The Morgan fingerprint density at radius 1 is 1.04 bits per heavy atom. The molecule has 0 saturated carbocycles. The molecule has 2 amide bonds. The van der Waals surface area contributed by atoms with Crippen LogP contribution in [-0.4, -0.2) is 54.7 Å². The second kappa shape index (κ2) is 5.95.